The molecule has 2 aliphatic rings. The van der Waals surface area contributed by atoms with Crippen molar-refractivity contribution < 1.29 is 22.8 Å². The Labute approximate surface area is 170 Å². The summed E-state index contributed by atoms with van der Waals surface area (Å²) in [6.07, 6.45) is -2.98. The van der Waals surface area contributed by atoms with E-state index < -0.39 is 30.3 Å². The Morgan fingerprint density at radius 2 is 2.10 bits per heavy atom. The average molecular weight is 420 g/mol. The first-order chi connectivity index (χ1) is 14.2. The first-order valence-electron chi connectivity index (χ1n) is 9.48. The summed E-state index contributed by atoms with van der Waals surface area (Å²) in [5.41, 5.74) is 0.572. The molecule has 4 heterocycles. The number of nitrogens with one attached hydrogen (secondary N) is 1. The zero-order chi connectivity index (χ0) is 21.5. The van der Waals surface area contributed by atoms with Crippen LogP contribution in [0.3, 0.4) is 0 Å². The first kappa shape index (κ1) is 20.0. The van der Waals surface area contributed by atoms with E-state index in [-0.39, 0.29) is 23.4 Å². The summed E-state index contributed by atoms with van der Waals surface area (Å²) in [7, 11) is 0. The van der Waals surface area contributed by atoms with E-state index in [9.17, 15) is 22.8 Å². The SMILES string of the molecule is C[C@@H](CC(=O)c1ccc2c(n1)N(C(=O)Nc1cccnn1)[C@H]1CCN2C1)C(F)(F)F. The molecule has 2 bridgehead atoms. The van der Waals surface area contributed by atoms with E-state index in [0.29, 0.717) is 25.2 Å². The Bertz CT molecular complexity index is 968. The quantitative estimate of drug-likeness (QED) is 0.764. The fraction of sp³-hybridized carbons (Fsp3) is 0.421. The summed E-state index contributed by atoms with van der Waals surface area (Å²) in [4.78, 5) is 33.2. The Hall–Kier alpha value is -3.24. The molecule has 8 nitrogen and oxygen atoms in total. The minimum atomic E-state index is -4.46. The number of urea groups is 1. The van der Waals surface area contributed by atoms with Crippen LogP contribution in [0, 0.1) is 5.92 Å². The summed E-state index contributed by atoms with van der Waals surface area (Å²) in [6, 6.07) is 5.62. The third-order valence-electron chi connectivity index (χ3n) is 5.31. The number of ketones is 1. The molecule has 2 aliphatic heterocycles. The number of hydrogen-bond donors (Lipinski definition) is 1. The number of alkyl halides is 3. The summed E-state index contributed by atoms with van der Waals surface area (Å²) in [5, 5.41) is 10.2. The lowest BCUT2D eigenvalue weighted by Crippen LogP contribution is -2.48. The predicted octanol–water partition coefficient (Wildman–Crippen LogP) is 3.27. The lowest BCUT2D eigenvalue weighted by molar-refractivity contribution is -0.168. The summed E-state index contributed by atoms with van der Waals surface area (Å²) >= 11 is 0. The van der Waals surface area contributed by atoms with Crippen molar-refractivity contribution in [3.8, 4) is 0 Å². The van der Waals surface area contributed by atoms with E-state index in [1.165, 1.54) is 17.2 Å². The van der Waals surface area contributed by atoms with Gasteiger partial charge in [-0.1, -0.05) is 6.92 Å². The van der Waals surface area contributed by atoms with Gasteiger partial charge in [0.25, 0.3) is 0 Å². The third-order valence-corrected chi connectivity index (χ3v) is 5.31. The molecule has 0 aromatic carbocycles. The largest absolute Gasteiger partial charge is 0.391 e. The van der Waals surface area contributed by atoms with E-state index in [2.05, 4.69) is 20.5 Å². The van der Waals surface area contributed by atoms with Gasteiger partial charge in [0.05, 0.1) is 17.6 Å². The number of pyridine rings is 1. The van der Waals surface area contributed by atoms with E-state index in [1.807, 2.05) is 4.90 Å². The molecular weight excluding hydrogens is 401 g/mol. The minimum Gasteiger partial charge on any atom is -0.366 e. The molecule has 0 unspecified atom stereocenters. The fourth-order valence-electron chi connectivity index (χ4n) is 3.66. The van der Waals surface area contributed by atoms with Crippen LogP contribution >= 0.6 is 0 Å². The Kier molecular flexibility index (Phi) is 5.04. The molecule has 30 heavy (non-hydrogen) atoms. The monoisotopic (exact) mass is 420 g/mol. The molecule has 1 fully saturated rings. The van der Waals surface area contributed by atoms with Crippen molar-refractivity contribution in [3.63, 3.8) is 0 Å². The number of fused-ring (bicyclic) bond motifs is 4. The zero-order valence-corrected chi connectivity index (χ0v) is 16.1. The summed E-state index contributed by atoms with van der Waals surface area (Å²) in [5.74, 6) is -1.98. The van der Waals surface area contributed by atoms with Gasteiger partial charge in [0.2, 0.25) is 0 Å². The Morgan fingerprint density at radius 1 is 1.30 bits per heavy atom. The van der Waals surface area contributed by atoms with Gasteiger partial charge in [0.1, 0.15) is 5.69 Å². The topological polar surface area (TPSA) is 91.3 Å². The van der Waals surface area contributed by atoms with Crippen LogP contribution in [0.2, 0.25) is 0 Å². The smallest absolute Gasteiger partial charge is 0.366 e. The van der Waals surface area contributed by atoms with E-state index in [4.69, 9.17) is 0 Å². The Balaban J connectivity index is 1.63. The van der Waals surface area contributed by atoms with Crippen LogP contribution in [0.1, 0.15) is 30.3 Å². The highest BCUT2D eigenvalue weighted by molar-refractivity contribution is 6.05. The van der Waals surface area contributed by atoms with Gasteiger partial charge in [0.15, 0.2) is 17.4 Å². The molecule has 1 N–H and O–H groups in total. The minimum absolute atomic E-state index is 0.0929. The van der Waals surface area contributed by atoms with Crippen LogP contribution in [0.25, 0.3) is 0 Å². The van der Waals surface area contributed by atoms with Crippen LogP contribution < -0.4 is 15.1 Å². The maximum atomic E-state index is 13.0. The molecule has 0 saturated carbocycles. The molecule has 1 saturated heterocycles. The number of amides is 2. The van der Waals surface area contributed by atoms with Crippen molar-refractivity contribution in [1.82, 2.24) is 15.2 Å². The van der Waals surface area contributed by atoms with Crippen molar-refractivity contribution in [2.24, 2.45) is 5.92 Å². The molecule has 2 atom stereocenters. The van der Waals surface area contributed by atoms with Gasteiger partial charge < -0.3 is 4.90 Å². The second-order valence-electron chi connectivity index (χ2n) is 7.41. The second-order valence-corrected chi connectivity index (χ2v) is 7.41. The number of hydrogen-bond acceptors (Lipinski definition) is 6. The van der Waals surface area contributed by atoms with E-state index in [0.717, 1.165) is 6.92 Å². The molecule has 4 rings (SSSR count). The molecule has 2 aromatic heterocycles. The van der Waals surface area contributed by atoms with Gasteiger partial charge in [-0.15, -0.1) is 5.10 Å². The van der Waals surface area contributed by atoms with E-state index >= 15 is 0 Å². The van der Waals surface area contributed by atoms with Gasteiger partial charge in [-0.25, -0.2) is 9.78 Å². The number of anilines is 3. The van der Waals surface area contributed by atoms with Crippen LogP contribution in [0.15, 0.2) is 30.5 Å². The highest BCUT2D eigenvalue weighted by Crippen LogP contribution is 2.39. The third kappa shape index (κ3) is 3.79. The van der Waals surface area contributed by atoms with Crippen LogP contribution in [0.5, 0.6) is 0 Å². The van der Waals surface area contributed by atoms with Gasteiger partial charge in [-0.2, -0.15) is 18.3 Å². The maximum Gasteiger partial charge on any atom is 0.391 e. The highest BCUT2D eigenvalue weighted by atomic mass is 19.4. The van der Waals surface area contributed by atoms with Crippen LogP contribution in [-0.4, -0.2) is 52.3 Å². The van der Waals surface area contributed by atoms with Crippen LogP contribution in [-0.2, 0) is 0 Å². The number of halogens is 3. The zero-order valence-electron chi connectivity index (χ0n) is 16.1. The molecule has 2 aromatic rings. The van der Waals surface area contributed by atoms with E-state index in [1.54, 1.807) is 18.2 Å². The van der Waals surface area contributed by atoms with Gasteiger partial charge in [0, 0.05) is 25.7 Å². The molecule has 2 amide bonds. The highest BCUT2D eigenvalue weighted by Gasteiger charge is 2.41. The number of Topliss-reactive ketones (excluding diaryl/α,β-unsaturated/α-hetero) is 1. The Morgan fingerprint density at radius 3 is 2.80 bits per heavy atom. The van der Waals surface area contributed by atoms with Crippen LogP contribution in [0.4, 0.5) is 35.3 Å². The number of carbonyl (C=O) groups is 2. The fourth-order valence-corrected chi connectivity index (χ4v) is 3.66. The van der Waals surface area contributed by atoms with Crippen molar-refractivity contribution in [1.29, 1.82) is 0 Å². The lowest BCUT2D eigenvalue weighted by Gasteiger charge is -2.35. The number of carbonyl (C=O) groups excluding carboxylic acids is 2. The lowest BCUT2D eigenvalue weighted by atomic mass is 10.0. The van der Waals surface area contributed by atoms with Gasteiger partial charge in [-0.05, 0) is 30.7 Å². The van der Waals surface area contributed by atoms with Gasteiger partial charge in [-0.3, -0.25) is 15.0 Å². The summed E-state index contributed by atoms with van der Waals surface area (Å²) in [6.45, 7) is 2.29. The molecule has 0 aliphatic carbocycles. The van der Waals surface area contributed by atoms with Crippen molar-refractivity contribution in [2.45, 2.75) is 32.0 Å². The normalized spacial score (nSPS) is 18.7. The van der Waals surface area contributed by atoms with Crippen molar-refractivity contribution in [2.75, 3.05) is 28.2 Å². The van der Waals surface area contributed by atoms with Crippen molar-refractivity contribution in [3.05, 3.63) is 36.2 Å². The predicted molar refractivity (Wildman–Crippen MR) is 103 cm³/mol. The average Bonchev–Trinajstić information content (AvgIpc) is 3.12. The number of aromatic nitrogens is 3. The molecular formula is C19H19F3N6O2. The second kappa shape index (κ2) is 7.54. The van der Waals surface area contributed by atoms with Crippen molar-refractivity contribution >= 4 is 29.1 Å². The molecule has 0 spiro atoms. The molecule has 0 radical (unpaired) electrons. The molecule has 11 heteroatoms. The summed E-state index contributed by atoms with van der Waals surface area (Å²) < 4.78 is 38.5. The first-order valence-corrected chi connectivity index (χ1v) is 9.48. The number of rotatable bonds is 4. The van der Waals surface area contributed by atoms with Gasteiger partial charge >= 0.3 is 12.2 Å². The number of nitrogens with zero attached hydrogens (tertiary/aromatic N) is 5. The molecule has 158 valence electrons. The maximum absolute atomic E-state index is 13.0. The standard InChI is InChI=1S/C19H19F3N6O2/c1-11(19(20,21)22)9-15(29)13-4-5-14-17(24-13)28(12-6-8-27(14)10-12)18(30)25-16-3-2-7-23-26-16/h2-5,7,11-12H,6,8-10H2,1H3,(H,25,26,30)/t11-,12-/m0/s1.